The van der Waals surface area contributed by atoms with Crippen LogP contribution in [0.2, 0.25) is 0 Å². The Morgan fingerprint density at radius 3 is 2.88 bits per heavy atom. The molecule has 3 rings (SSSR count). The fraction of sp³-hybridized carbons (Fsp3) is 0.400. The van der Waals surface area contributed by atoms with Crippen molar-refractivity contribution in [1.29, 1.82) is 0 Å². The molecule has 7 heteroatoms. The summed E-state index contributed by atoms with van der Waals surface area (Å²) in [5, 5.41) is 0.367. The molecule has 0 saturated carbocycles. The third-order valence-electron chi connectivity index (χ3n) is 2.73. The van der Waals surface area contributed by atoms with Crippen molar-refractivity contribution in [2.45, 2.75) is 12.5 Å². The van der Waals surface area contributed by atoms with Gasteiger partial charge in [0.05, 0.1) is 30.1 Å². The standard InChI is InChI=1S/C10H10FN3O2S/c1-15-9-6-7(17-10(12)13-6)5(8(11)14-9)4-2-3-16-4/h4H,2-3H2,1H3,(H2,12,13). The number of ether oxygens (including phenoxy) is 2. The molecule has 0 amide bonds. The Kier molecular flexibility index (Phi) is 2.37. The number of thiazole rings is 1. The molecule has 17 heavy (non-hydrogen) atoms. The van der Waals surface area contributed by atoms with Crippen molar-refractivity contribution in [3.8, 4) is 5.88 Å². The second-order valence-corrected chi connectivity index (χ2v) is 4.73. The van der Waals surface area contributed by atoms with E-state index in [0.717, 1.165) is 6.42 Å². The first-order valence-corrected chi connectivity index (χ1v) is 5.93. The smallest absolute Gasteiger partial charge is 0.243 e. The first-order chi connectivity index (χ1) is 8.20. The van der Waals surface area contributed by atoms with Crippen molar-refractivity contribution < 1.29 is 13.9 Å². The van der Waals surface area contributed by atoms with E-state index in [0.29, 0.717) is 27.5 Å². The molecule has 1 unspecified atom stereocenters. The first kappa shape index (κ1) is 10.7. The summed E-state index contributed by atoms with van der Waals surface area (Å²) < 4.78 is 24.9. The molecule has 5 nitrogen and oxygen atoms in total. The molecule has 1 fully saturated rings. The van der Waals surface area contributed by atoms with Crippen LogP contribution in [-0.2, 0) is 4.74 Å². The van der Waals surface area contributed by atoms with Crippen LogP contribution in [0.1, 0.15) is 18.1 Å². The minimum atomic E-state index is -0.567. The number of fused-ring (bicyclic) bond motifs is 1. The molecule has 1 saturated heterocycles. The van der Waals surface area contributed by atoms with Gasteiger partial charge in [0, 0.05) is 6.42 Å². The van der Waals surface area contributed by atoms with Crippen LogP contribution < -0.4 is 10.5 Å². The summed E-state index contributed by atoms with van der Waals surface area (Å²) in [5.41, 5.74) is 6.60. The molecule has 0 aromatic carbocycles. The van der Waals surface area contributed by atoms with E-state index in [9.17, 15) is 4.39 Å². The lowest BCUT2D eigenvalue weighted by Gasteiger charge is -2.27. The molecular weight excluding hydrogens is 245 g/mol. The average molecular weight is 255 g/mol. The quantitative estimate of drug-likeness (QED) is 0.830. The molecular formula is C10H10FN3O2S. The third kappa shape index (κ3) is 1.54. The summed E-state index contributed by atoms with van der Waals surface area (Å²) in [4.78, 5) is 7.87. The molecule has 1 aliphatic heterocycles. The van der Waals surface area contributed by atoms with Gasteiger partial charge >= 0.3 is 0 Å². The topological polar surface area (TPSA) is 70.3 Å². The van der Waals surface area contributed by atoms with Gasteiger partial charge < -0.3 is 15.2 Å². The van der Waals surface area contributed by atoms with Gasteiger partial charge in [0.2, 0.25) is 11.8 Å². The molecule has 0 spiro atoms. The highest BCUT2D eigenvalue weighted by Gasteiger charge is 2.29. The lowest BCUT2D eigenvalue weighted by atomic mass is 10.0. The van der Waals surface area contributed by atoms with E-state index in [1.165, 1.54) is 18.4 Å². The van der Waals surface area contributed by atoms with Gasteiger partial charge in [-0.25, -0.2) is 4.98 Å². The molecule has 2 aromatic heterocycles. The maximum absolute atomic E-state index is 13.9. The zero-order valence-electron chi connectivity index (χ0n) is 9.07. The van der Waals surface area contributed by atoms with Gasteiger partial charge in [-0.3, -0.25) is 0 Å². The summed E-state index contributed by atoms with van der Waals surface area (Å²) in [6.07, 6.45) is 0.549. The monoisotopic (exact) mass is 255 g/mol. The first-order valence-electron chi connectivity index (χ1n) is 5.11. The van der Waals surface area contributed by atoms with E-state index in [2.05, 4.69) is 9.97 Å². The SMILES string of the molecule is COc1nc(F)c(C2CCO2)c2sc(N)nc12. The van der Waals surface area contributed by atoms with Crippen molar-refractivity contribution in [2.24, 2.45) is 0 Å². The molecule has 90 valence electrons. The van der Waals surface area contributed by atoms with Gasteiger partial charge in [0.25, 0.3) is 0 Å². The summed E-state index contributed by atoms with van der Waals surface area (Å²) in [5.74, 6) is -0.406. The van der Waals surface area contributed by atoms with E-state index in [-0.39, 0.29) is 12.0 Å². The van der Waals surface area contributed by atoms with Crippen LogP contribution in [0.15, 0.2) is 0 Å². The number of nitrogens with two attached hydrogens (primary N) is 1. The number of aromatic nitrogens is 2. The minimum absolute atomic E-state index is 0.161. The number of nitrogens with zero attached hydrogens (tertiary/aromatic N) is 2. The second-order valence-electron chi connectivity index (χ2n) is 3.70. The molecule has 3 heterocycles. The van der Waals surface area contributed by atoms with Crippen molar-refractivity contribution in [3.05, 3.63) is 11.5 Å². The fourth-order valence-electron chi connectivity index (χ4n) is 1.84. The Morgan fingerprint density at radius 2 is 2.29 bits per heavy atom. The fourth-order valence-corrected chi connectivity index (χ4v) is 2.75. The van der Waals surface area contributed by atoms with Gasteiger partial charge in [0.1, 0.15) is 5.52 Å². The number of pyridine rings is 1. The number of hydrogen-bond acceptors (Lipinski definition) is 6. The van der Waals surface area contributed by atoms with Crippen molar-refractivity contribution in [1.82, 2.24) is 9.97 Å². The Balaban J connectivity index is 2.29. The maximum atomic E-state index is 13.9. The van der Waals surface area contributed by atoms with Crippen LogP contribution in [-0.4, -0.2) is 23.7 Å². The molecule has 2 N–H and O–H groups in total. The number of methoxy groups -OCH3 is 1. The molecule has 1 atom stereocenters. The van der Waals surface area contributed by atoms with Crippen molar-refractivity contribution >= 4 is 26.7 Å². The van der Waals surface area contributed by atoms with Crippen molar-refractivity contribution in [3.63, 3.8) is 0 Å². The maximum Gasteiger partial charge on any atom is 0.243 e. The number of rotatable bonds is 2. The molecule has 0 bridgehead atoms. The highest BCUT2D eigenvalue weighted by atomic mass is 32.1. The minimum Gasteiger partial charge on any atom is -0.479 e. The zero-order chi connectivity index (χ0) is 12.0. The molecule has 0 aliphatic carbocycles. The average Bonchev–Trinajstić information content (AvgIpc) is 2.60. The Morgan fingerprint density at radius 1 is 1.53 bits per heavy atom. The van der Waals surface area contributed by atoms with Crippen molar-refractivity contribution in [2.75, 3.05) is 19.5 Å². The Bertz CT molecular complexity index is 582. The van der Waals surface area contributed by atoms with E-state index in [1.54, 1.807) is 0 Å². The zero-order valence-corrected chi connectivity index (χ0v) is 9.88. The van der Waals surface area contributed by atoms with E-state index >= 15 is 0 Å². The van der Waals surface area contributed by atoms with Crippen LogP contribution >= 0.6 is 11.3 Å². The number of nitrogen functional groups attached to an aromatic ring is 1. The molecule has 1 aliphatic rings. The highest BCUT2D eigenvalue weighted by Crippen LogP contribution is 2.41. The third-order valence-corrected chi connectivity index (χ3v) is 3.65. The number of anilines is 1. The van der Waals surface area contributed by atoms with Crippen LogP contribution in [0, 0.1) is 5.95 Å². The summed E-state index contributed by atoms with van der Waals surface area (Å²) >= 11 is 1.23. The summed E-state index contributed by atoms with van der Waals surface area (Å²) in [6.45, 7) is 0.645. The number of halogens is 1. The van der Waals surface area contributed by atoms with Crippen LogP contribution in [0.5, 0.6) is 5.88 Å². The van der Waals surface area contributed by atoms with E-state index in [4.69, 9.17) is 15.2 Å². The second kappa shape index (κ2) is 3.78. The highest BCUT2D eigenvalue weighted by molar-refractivity contribution is 7.22. The van der Waals surface area contributed by atoms with E-state index < -0.39 is 5.95 Å². The van der Waals surface area contributed by atoms with Crippen LogP contribution in [0.25, 0.3) is 10.2 Å². The van der Waals surface area contributed by atoms with Gasteiger partial charge in [0.15, 0.2) is 5.13 Å². The van der Waals surface area contributed by atoms with Crippen LogP contribution in [0.3, 0.4) is 0 Å². The summed E-state index contributed by atoms with van der Waals surface area (Å²) in [6, 6.07) is 0. The van der Waals surface area contributed by atoms with Gasteiger partial charge in [-0.2, -0.15) is 9.37 Å². The predicted octanol–water partition coefficient (Wildman–Crippen LogP) is 1.88. The van der Waals surface area contributed by atoms with Crippen LogP contribution in [0.4, 0.5) is 9.52 Å². The lowest BCUT2D eigenvalue weighted by molar-refractivity contribution is -0.0539. The van der Waals surface area contributed by atoms with Gasteiger partial charge in [-0.15, -0.1) is 0 Å². The lowest BCUT2D eigenvalue weighted by Crippen LogP contribution is -2.20. The normalized spacial score (nSPS) is 19.3. The number of hydrogen-bond donors (Lipinski definition) is 1. The predicted molar refractivity (Wildman–Crippen MR) is 61.6 cm³/mol. The molecule has 0 radical (unpaired) electrons. The van der Waals surface area contributed by atoms with Gasteiger partial charge in [-0.1, -0.05) is 11.3 Å². The Hall–Kier alpha value is -1.47. The Labute approximate surface area is 100 Å². The summed E-state index contributed by atoms with van der Waals surface area (Å²) in [7, 11) is 1.43. The van der Waals surface area contributed by atoms with E-state index in [1.807, 2.05) is 0 Å². The largest absolute Gasteiger partial charge is 0.479 e. The van der Waals surface area contributed by atoms with Gasteiger partial charge in [-0.05, 0) is 0 Å². The molecule has 2 aromatic rings.